The zero-order valence-electron chi connectivity index (χ0n) is 4.22. The van der Waals surface area contributed by atoms with Gasteiger partial charge in [-0.15, -0.1) is 0 Å². The van der Waals surface area contributed by atoms with Gasteiger partial charge in [0.1, 0.15) is 0 Å². The van der Waals surface area contributed by atoms with E-state index in [0.29, 0.717) is 0 Å². The van der Waals surface area contributed by atoms with Crippen LogP contribution in [0.1, 0.15) is 0 Å². The van der Waals surface area contributed by atoms with Gasteiger partial charge in [-0.25, -0.2) is 0 Å². The van der Waals surface area contributed by atoms with Crippen molar-refractivity contribution < 1.29 is 13.0 Å². The van der Waals surface area contributed by atoms with Gasteiger partial charge in [0.05, 0.1) is 0 Å². The molecule has 0 aromatic rings. The van der Waals surface area contributed by atoms with Gasteiger partial charge >= 0.3 is 15.6 Å². The van der Waals surface area contributed by atoms with Gasteiger partial charge in [-0.1, -0.05) is 9.98 Å². The van der Waals surface area contributed by atoms with Crippen LogP contribution in [0.5, 0.6) is 0 Å². The molecule has 0 aromatic heterocycles. The zero-order valence-corrected chi connectivity index (χ0v) is 5.04. The maximum Gasteiger partial charge on any atom is 0.384 e. The maximum atomic E-state index is 10.1. The molecule has 0 amide bonds. The van der Waals surface area contributed by atoms with E-state index in [0.717, 1.165) is 0 Å². The van der Waals surface area contributed by atoms with Crippen molar-refractivity contribution in [1.29, 1.82) is 0 Å². The lowest BCUT2D eigenvalue weighted by Crippen LogP contribution is -2.04. The second kappa shape index (κ2) is 1.82. The zero-order chi connectivity index (χ0) is 6.91. The number of aliphatic imine (C=N–C) groups is 2. The molecule has 9 heavy (non-hydrogen) atoms. The smallest absolute Gasteiger partial charge is 0.270 e. The Kier molecular flexibility index (Phi) is 1.26. The molecule has 0 bridgehead atoms. The Morgan fingerprint density at radius 2 is 1.78 bits per heavy atom. The third-order valence-electron chi connectivity index (χ3n) is 0.667. The SMILES string of the molecule is O=S(=O)(O)[C+]1N=CC=N1. The highest BCUT2D eigenvalue weighted by Crippen LogP contribution is 2.12. The maximum absolute atomic E-state index is 10.1. The molecule has 48 valence electrons. The van der Waals surface area contributed by atoms with Crippen LogP contribution in [0.25, 0.3) is 0 Å². The van der Waals surface area contributed by atoms with Gasteiger partial charge in [0.2, 0.25) is 0 Å². The highest BCUT2D eigenvalue weighted by molar-refractivity contribution is 7.88. The van der Waals surface area contributed by atoms with Gasteiger partial charge in [0, 0.05) is 0 Å². The average molecular weight is 147 g/mol. The van der Waals surface area contributed by atoms with E-state index in [-0.39, 0.29) is 0 Å². The molecule has 1 rings (SSSR count). The fourth-order valence-corrected chi connectivity index (χ4v) is 0.749. The molecule has 0 aliphatic carbocycles. The summed E-state index contributed by atoms with van der Waals surface area (Å²) in [6, 6.07) is 0. The van der Waals surface area contributed by atoms with E-state index >= 15 is 0 Å². The predicted molar refractivity (Wildman–Crippen MR) is 31.8 cm³/mol. The molecule has 0 aromatic carbocycles. The number of rotatable bonds is 1. The van der Waals surface area contributed by atoms with Crippen LogP contribution in [0, 0.1) is 5.50 Å². The van der Waals surface area contributed by atoms with E-state index in [1.165, 1.54) is 12.4 Å². The van der Waals surface area contributed by atoms with Crippen molar-refractivity contribution >= 4 is 22.5 Å². The van der Waals surface area contributed by atoms with Gasteiger partial charge in [-0.3, -0.25) is 4.55 Å². The minimum absolute atomic E-state index is 0.553. The minimum atomic E-state index is -4.18. The molecular weight excluding hydrogens is 144 g/mol. The molecule has 0 unspecified atom stereocenters. The van der Waals surface area contributed by atoms with Crippen LogP contribution in [0.4, 0.5) is 0 Å². The van der Waals surface area contributed by atoms with Crippen molar-refractivity contribution in [2.75, 3.05) is 0 Å². The Morgan fingerprint density at radius 1 is 1.33 bits per heavy atom. The molecule has 1 aliphatic heterocycles. The summed E-state index contributed by atoms with van der Waals surface area (Å²) in [4.78, 5) is 6.48. The first-order valence-corrected chi connectivity index (χ1v) is 3.46. The molecule has 1 N–H and O–H groups in total. The normalized spacial score (nSPS) is 17.2. The van der Waals surface area contributed by atoms with E-state index in [1.807, 2.05) is 0 Å². The van der Waals surface area contributed by atoms with Gasteiger partial charge in [0.25, 0.3) is 0 Å². The number of hydrogen-bond acceptors (Lipinski definition) is 4. The van der Waals surface area contributed by atoms with Gasteiger partial charge in [-0.05, 0) is 0 Å². The topological polar surface area (TPSA) is 79.1 Å². The first-order valence-electron chi connectivity index (χ1n) is 2.02. The first-order chi connectivity index (χ1) is 4.11. The monoisotopic (exact) mass is 147 g/mol. The van der Waals surface area contributed by atoms with Crippen LogP contribution in [-0.4, -0.2) is 25.4 Å². The Balaban J connectivity index is 2.90. The summed E-state index contributed by atoms with van der Waals surface area (Å²) in [6.07, 6.45) is 2.37. The second-order valence-electron chi connectivity index (χ2n) is 1.31. The summed E-state index contributed by atoms with van der Waals surface area (Å²) < 4.78 is 28.5. The molecule has 1 heterocycles. The number of hydrogen-bond donors (Lipinski definition) is 1. The van der Waals surface area contributed by atoms with Gasteiger partial charge in [-0.2, -0.15) is 8.42 Å². The van der Waals surface area contributed by atoms with Gasteiger partial charge < -0.3 is 0 Å². The fourth-order valence-electron chi connectivity index (χ4n) is 0.361. The van der Waals surface area contributed by atoms with Crippen molar-refractivity contribution in [3.8, 4) is 0 Å². The molecular formula is C3H3N2O3S+. The predicted octanol–water partition coefficient (Wildman–Crippen LogP) is -0.524. The van der Waals surface area contributed by atoms with E-state index in [2.05, 4.69) is 9.98 Å². The molecule has 5 nitrogen and oxygen atoms in total. The second-order valence-corrected chi connectivity index (χ2v) is 2.63. The van der Waals surface area contributed by atoms with Crippen LogP contribution < -0.4 is 0 Å². The first kappa shape index (κ1) is 6.24. The van der Waals surface area contributed by atoms with Crippen LogP contribution in [0.15, 0.2) is 9.98 Å². The molecule has 0 atom stereocenters. The Labute approximate surface area is 51.9 Å². The summed E-state index contributed by atoms with van der Waals surface area (Å²) in [5.41, 5.74) is -0.553. The van der Waals surface area contributed by atoms with E-state index in [9.17, 15) is 8.42 Å². The average Bonchev–Trinajstić information content (AvgIpc) is 2.08. The molecule has 0 fully saturated rings. The molecule has 1 aliphatic rings. The van der Waals surface area contributed by atoms with E-state index in [4.69, 9.17) is 4.55 Å². The minimum Gasteiger partial charge on any atom is -0.270 e. The van der Waals surface area contributed by atoms with E-state index < -0.39 is 15.6 Å². The molecule has 0 saturated heterocycles. The molecule has 0 radical (unpaired) electrons. The molecule has 0 saturated carbocycles. The lowest BCUT2D eigenvalue weighted by Gasteiger charge is -1.85. The van der Waals surface area contributed by atoms with Crippen molar-refractivity contribution in [1.82, 2.24) is 0 Å². The van der Waals surface area contributed by atoms with Crippen molar-refractivity contribution in [2.24, 2.45) is 9.98 Å². The lowest BCUT2D eigenvalue weighted by molar-refractivity contribution is 0.483. The third kappa shape index (κ3) is 1.27. The summed E-state index contributed by atoms with van der Waals surface area (Å²) in [5.74, 6) is 0. The third-order valence-corrected chi connectivity index (χ3v) is 1.34. The summed E-state index contributed by atoms with van der Waals surface area (Å²) in [6.45, 7) is 0. The summed E-state index contributed by atoms with van der Waals surface area (Å²) in [7, 11) is -4.18. The molecule has 0 spiro atoms. The van der Waals surface area contributed by atoms with Crippen molar-refractivity contribution in [2.45, 2.75) is 0 Å². The lowest BCUT2D eigenvalue weighted by atomic mass is 10.9. The highest BCUT2D eigenvalue weighted by atomic mass is 32.2. The van der Waals surface area contributed by atoms with E-state index in [1.54, 1.807) is 0 Å². The van der Waals surface area contributed by atoms with Gasteiger partial charge in [0.15, 0.2) is 12.4 Å². The quantitative estimate of drug-likeness (QED) is 0.400. The fraction of sp³-hybridized carbons (Fsp3) is 0. The van der Waals surface area contributed by atoms with Crippen molar-refractivity contribution in [3.63, 3.8) is 0 Å². The highest BCUT2D eigenvalue weighted by Gasteiger charge is 2.31. The Hall–Kier alpha value is -0.880. The van der Waals surface area contributed by atoms with Crippen LogP contribution in [0.2, 0.25) is 0 Å². The van der Waals surface area contributed by atoms with Crippen LogP contribution >= 0.6 is 0 Å². The van der Waals surface area contributed by atoms with Crippen LogP contribution in [-0.2, 0) is 10.1 Å². The summed E-state index contributed by atoms with van der Waals surface area (Å²) >= 11 is 0. The van der Waals surface area contributed by atoms with Crippen molar-refractivity contribution in [3.05, 3.63) is 5.50 Å². The largest absolute Gasteiger partial charge is 0.384 e. The Morgan fingerprint density at radius 3 is 2.00 bits per heavy atom. The number of nitrogens with zero attached hydrogens (tertiary/aromatic N) is 2. The summed E-state index contributed by atoms with van der Waals surface area (Å²) in [5, 5.41) is 0. The van der Waals surface area contributed by atoms with Crippen LogP contribution in [0.3, 0.4) is 0 Å². The standard InChI is InChI=1S/C3H2N2O3S/c6-9(7,8)3-4-1-2-5-3/h1-2H/p+1. The Bertz CT molecular complexity index is 240. The molecule has 6 heteroatoms.